The number of para-hydroxylation sites is 1. The van der Waals surface area contributed by atoms with Crippen LogP contribution in [-0.4, -0.2) is 39.1 Å². The Labute approximate surface area is 147 Å². The number of aryl methyl sites for hydroxylation is 1. The number of amides is 2. The average Bonchev–Trinajstić information content (AvgIpc) is 2.61. The number of hydrogen-bond donors (Lipinski definition) is 2. The number of ether oxygens (including phenoxy) is 1. The minimum Gasteiger partial charge on any atom is -0.495 e. The second kappa shape index (κ2) is 8.73. The fourth-order valence-electron chi connectivity index (χ4n) is 2.34. The van der Waals surface area contributed by atoms with Crippen molar-refractivity contribution in [1.29, 1.82) is 0 Å². The van der Waals surface area contributed by atoms with E-state index in [2.05, 4.69) is 10.6 Å². The molecular weight excluding hydrogens is 318 g/mol. The molecule has 6 heteroatoms. The number of nitrogens with zero attached hydrogens (tertiary/aromatic N) is 1. The lowest BCUT2D eigenvalue weighted by Crippen LogP contribution is -2.39. The van der Waals surface area contributed by atoms with Crippen LogP contribution in [0.25, 0.3) is 0 Å². The quantitative estimate of drug-likeness (QED) is 0.810. The van der Waals surface area contributed by atoms with Crippen LogP contribution in [0, 0.1) is 6.92 Å². The van der Waals surface area contributed by atoms with Gasteiger partial charge in [0.05, 0.1) is 25.9 Å². The monoisotopic (exact) mass is 341 g/mol. The Kier molecular flexibility index (Phi) is 6.39. The third-order valence-corrected chi connectivity index (χ3v) is 3.65. The zero-order chi connectivity index (χ0) is 18.2. The van der Waals surface area contributed by atoms with Crippen molar-refractivity contribution in [2.75, 3.05) is 37.5 Å². The molecular formula is C19H23N3O3. The second-order valence-electron chi connectivity index (χ2n) is 5.72. The van der Waals surface area contributed by atoms with E-state index < -0.39 is 0 Å². The van der Waals surface area contributed by atoms with E-state index in [9.17, 15) is 9.59 Å². The summed E-state index contributed by atoms with van der Waals surface area (Å²) in [5.41, 5.74) is 2.53. The third-order valence-electron chi connectivity index (χ3n) is 3.65. The normalized spacial score (nSPS) is 10.0. The van der Waals surface area contributed by atoms with Gasteiger partial charge in [-0.15, -0.1) is 0 Å². The lowest BCUT2D eigenvalue weighted by atomic mass is 10.2. The van der Waals surface area contributed by atoms with Crippen molar-refractivity contribution in [2.45, 2.75) is 6.92 Å². The Morgan fingerprint density at radius 2 is 1.80 bits per heavy atom. The number of nitrogens with one attached hydrogen (secondary N) is 2. The topological polar surface area (TPSA) is 70.7 Å². The van der Waals surface area contributed by atoms with Crippen LogP contribution in [0.1, 0.15) is 5.56 Å². The molecule has 0 aliphatic carbocycles. The molecule has 0 aliphatic heterocycles. The van der Waals surface area contributed by atoms with Gasteiger partial charge in [0.25, 0.3) is 0 Å². The summed E-state index contributed by atoms with van der Waals surface area (Å²) in [6, 6.07) is 15.1. The fourth-order valence-corrected chi connectivity index (χ4v) is 2.34. The van der Waals surface area contributed by atoms with Gasteiger partial charge < -0.3 is 20.3 Å². The molecule has 0 saturated carbocycles. The van der Waals surface area contributed by atoms with Gasteiger partial charge in [-0.05, 0) is 36.8 Å². The molecule has 0 heterocycles. The van der Waals surface area contributed by atoms with E-state index in [1.807, 2.05) is 61.3 Å². The van der Waals surface area contributed by atoms with Gasteiger partial charge in [-0.2, -0.15) is 0 Å². The maximum Gasteiger partial charge on any atom is 0.243 e. The molecule has 0 atom stereocenters. The molecule has 0 unspecified atom stereocenters. The van der Waals surface area contributed by atoms with Gasteiger partial charge in [-0.1, -0.05) is 24.3 Å². The predicted molar refractivity (Wildman–Crippen MR) is 99.1 cm³/mol. The predicted octanol–water partition coefficient (Wildman–Crippen LogP) is 2.19. The summed E-state index contributed by atoms with van der Waals surface area (Å²) in [5.74, 6) is 0.0476. The first-order chi connectivity index (χ1) is 12.0. The average molecular weight is 341 g/mol. The molecule has 0 spiro atoms. The van der Waals surface area contributed by atoms with Crippen LogP contribution < -0.4 is 20.3 Å². The first-order valence-corrected chi connectivity index (χ1v) is 7.97. The van der Waals surface area contributed by atoms with E-state index in [4.69, 9.17) is 4.74 Å². The first kappa shape index (κ1) is 18.3. The van der Waals surface area contributed by atoms with Gasteiger partial charge in [0, 0.05) is 12.7 Å². The van der Waals surface area contributed by atoms with Crippen LogP contribution in [0.4, 0.5) is 11.4 Å². The Morgan fingerprint density at radius 3 is 2.48 bits per heavy atom. The smallest absolute Gasteiger partial charge is 0.243 e. The van der Waals surface area contributed by atoms with E-state index in [1.54, 1.807) is 13.2 Å². The Balaban J connectivity index is 1.83. The molecule has 0 saturated heterocycles. The van der Waals surface area contributed by atoms with Crippen LogP contribution in [0.2, 0.25) is 0 Å². The summed E-state index contributed by atoms with van der Waals surface area (Å²) < 4.78 is 5.22. The minimum absolute atomic E-state index is 0.0987. The number of carbonyl (C=O) groups is 2. The number of likely N-dealkylation sites (N-methyl/N-ethyl adjacent to an activating group) is 1. The van der Waals surface area contributed by atoms with Crippen LogP contribution in [0.15, 0.2) is 48.5 Å². The zero-order valence-corrected chi connectivity index (χ0v) is 14.7. The fraction of sp³-hybridized carbons (Fsp3) is 0.263. The lowest BCUT2D eigenvalue weighted by molar-refractivity contribution is -0.123. The molecule has 0 aliphatic rings. The molecule has 2 N–H and O–H groups in total. The van der Waals surface area contributed by atoms with E-state index >= 15 is 0 Å². The van der Waals surface area contributed by atoms with Gasteiger partial charge in [-0.3, -0.25) is 9.59 Å². The maximum absolute atomic E-state index is 12.1. The summed E-state index contributed by atoms with van der Waals surface area (Å²) in [4.78, 5) is 25.9. The number of hydrogen-bond acceptors (Lipinski definition) is 4. The van der Waals surface area contributed by atoms with E-state index in [0.717, 1.165) is 11.3 Å². The molecule has 2 aromatic carbocycles. The van der Waals surface area contributed by atoms with Crippen molar-refractivity contribution in [3.05, 3.63) is 54.1 Å². The summed E-state index contributed by atoms with van der Waals surface area (Å²) in [7, 11) is 3.37. The van der Waals surface area contributed by atoms with Gasteiger partial charge >= 0.3 is 0 Å². The number of methoxy groups -OCH3 is 1. The van der Waals surface area contributed by atoms with Gasteiger partial charge in [0.2, 0.25) is 11.8 Å². The van der Waals surface area contributed by atoms with Crippen molar-refractivity contribution >= 4 is 23.2 Å². The minimum atomic E-state index is -0.306. The largest absolute Gasteiger partial charge is 0.495 e. The van der Waals surface area contributed by atoms with Gasteiger partial charge in [0.15, 0.2) is 0 Å². The standard InChI is InChI=1S/C19H23N3O3/c1-14-9-10-17(25-3)16(11-14)21-18(23)12-20-19(24)13-22(2)15-7-5-4-6-8-15/h4-11H,12-13H2,1-3H3,(H,20,24)(H,21,23). The summed E-state index contributed by atoms with van der Waals surface area (Å²) in [5, 5.41) is 5.37. The van der Waals surface area contributed by atoms with Crippen molar-refractivity contribution < 1.29 is 14.3 Å². The highest BCUT2D eigenvalue weighted by Gasteiger charge is 2.11. The summed E-state index contributed by atoms with van der Waals surface area (Å²) in [6.07, 6.45) is 0. The highest BCUT2D eigenvalue weighted by atomic mass is 16.5. The van der Waals surface area contributed by atoms with Crippen molar-refractivity contribution in [1.82, 2.24) is 5.32 Å². The van der Waals surface area contributed by atoms with E-state index in [-0.39, 0.29) is 24.9 Å². The molecule has 25 heavy (non-hydrogen) atoms. The third kappa shape index (κ3) is 5.53. The molecule has 0 fully saturated rings. The molecule has 0 radical (unpaired) electrons. The van der Waals surface area contributed by atoms with Crippen LogP contribution >= 0.6 is 0 Å². The number of anilines is 2. The molecule has 132 valence electrons. The van der Waals surface area contributed by atoms with Gasteiger partial charge in [-0.25, -0.2) is 0 Å². The lowest BCUT2D eigenvalue weighted by Gasteiger charge is -2.18. The number of carbonyl (C=O) groups excluding carboxylic acids is 2. The van der Waals surface area contributed by atoms with E-state index in [1.165, 1.54) is 0 Å². The highest BCUT2D eigenvalue weighted by Crippen LogP contribution is 2.24. The SMILES string of the molecule is COc1ccc(C)cc1NC(=O)CNC(=O)CN(C)c1ccccc1. The maximum atomic E-state index is 12.1. The van der Waals surface area contributed by atoms with Crippen LogP contribution in [0.5, 0.6) is 5.75 Å². The van der Waals surface area contributed by atoms with Crippen LogP contribution in [-0.2, 0) is 9.59 Å². The Hall–Kier alpha value is -3.02. The van der Waals surface area contributed by atoms with Crippen molar-refractivity contribution in [2.24, 2.45) is 0 Å². The second-order valence-corrected chi connectivity index (χ2v) is 5.72. The molecule has 0 bridgehead atoms. The van der Waals surface area contributed by atoms with E-state index in [0.29, 0.717) is 11.4 Å². The molecule has 2 rings (SSSR count). The Bertz CT molecular complexity index is 732. The van der Waals surface area contributed by atoms with Crippen molar-refractivity contribution in [3.63, 3.8) is 0 Å². The number of rotatable bonds is 7. The number of benzene rings is 2. The molecule has 0 aromatic heterocycles. The van der Waals surface area contributed by atoms with Crippen molar-refractivity contribution in [3.8, 4) is 5.75 Å². The van der Waals surface area contributed by atoms with Crippen LogP contribution in [0.3, 0.4) is 0 Å². The summed E-state index contributed by atoms with van der Waals surface area (Å²) in [6.45, 7) is 2.00. The zero-order valence-electron chi connectivity index (χ0n) is 14.7. The van der Waals surface area contributed by atoms with Gasteiger partial charge in [0.1, 0.15) is 5.75 Å². The molecule has 6 nitrogen and oxygen atoms in total. The summed E-state index contributed by atoms with van der Waals surface area (Å²) >= 11 is 0. The molecule has 2 amide bonds. The first-order valence-electron chi connectivity index (χ1n) is 7.97. The molecule has 2 aromatic rings. The Morgan fingerprint density at radius 1 is 1.08 bits per heavy atom. The highest BCUT2D eigenvalue weighted by molar-refractivity contribution is 5.96.